The van der Waals surface area contributed by atoms with E-state index in [9.17, 15) is 0 Å². The van der Waals surface area contributed by atoms with Crippen LogP contribution in [0.1, 0.15) is 5.56 Å². The molecule has 19 heavy (non-hydrogen) atoms. The number of anilines is 1. The highest BCUT2D eigenvalue weighted by Crippen LogP contribution is 2.38. The number of hydrogen-bond acceptors (Lipinski definition) is 4. The number of nitrogen functional groups attached to an aromatic ring is 1. The fourth-order valence-electron chi connectivity index (χ4n) is 1.99. The fraction of sp³-hybridized carbons (Fsp3) is 0.0714. The number of rotatable bonds is 2. The molecule has 0 aliphatic heterocycles. The topological polar surface area (TPSA) is 52.0 Å². The van der Waals surface area contributed by atoms with Gasteiger partial charge in [-0.05, 0) is 35.6 Å². The van der Waals surface area contributed by atoms with Gasteiger partial charge >= 0.3 is 0 Å². The number of hydrogen-bond donors (Lipinski definition) is 1. The molecule has 0 fully saturated rings. The number of nitrogens with two attached hydrogens (primary N) is 1. The molecule has 0 aliphatic carbocycles. The number of benzene rings is 1. The van der Waals surface area contributed by atoms with Crippen molar-refractivity contribution < 1.29 is 4.52 Å². The van der Waals surface area contributed by atoms with Crippen LogP contribution in [0.25, 0.3) is 22.4 Å². The Balaban J connectivity index is 2.19. The molecule has 3 aromatic rings. The molecule has 96 valence electrons. The minimum Gasteiger partial charge on any atom is -0.367 e. The predicted molar refractivity (Wildman–Crippen MR) is 79.4 cm³/mol. The van der Waals surface area contributed by atoms with Crippen molar-refractivity contribution in [2.75, 3.05) is 5.73 Å². The molecule has 0 atom stereocenters. The van der Waals surface area contributed by atoms with E-state index in [2.05, 4.69) is 10.5 Å². The first-order chi connectivity index (χ1) is 9.16. The summed E-state index contributed by atoms with van der Waals surface area (Å²) in [5.41, 5.74) is 10.7. The van der Waals surface area contributed by atoms with E-state index in [1.54, 1.807) is 11.3 Å². The molecule has 0 radical (unpaired) electrons. The second-order valence-corrected chi connectivity index (χ2v) is 5.43. The molecule has 0 spiro atoms. The zero-order chi connectivity index (χ0) is 13.4. The van der Waals surface area contributed by atoms with E-state index in [1.807, 2.05) is 36.6 Å². The van der Waals surface area contributed by atoms with E-state index in [1.165, 1.54) is 0 Å². The minimum absolute atomic E-state index is 0.322. The summed E-state index contributed by atoms with van der Waals surface area (Å²) in [7, 11) is 0. The van der Waals surface area contributed by atoms with E-state index in [4.69, 9.17) is 21.9 Å². The lowest BCUT2D eigenvalue weighted by atomic mass is 10.0. The van der Waals surface area contributed by atoms with Gasteiger partial charge in [-0.15, -0.1) is 0 Å². The summed E-state index contributed by atoms with van der Waals surface area (Å²) in [6, 6.07) is 7.48. The van der Waals surface area contributed by atoms with Crippen molar-refractivity contribution in [2.24, 2.45) is 0 Å². The summed E-state index contributed by atoms with van der Waals surface area (Å²) in [5.74, 6) is 0.322. The van der Waals surface area contributed by atoms with Gasteiger partial charge in [0.25, 0.3) is 0 Å². The van der Waals surface area contributed by atoms with Gasteiger partial charge in [-0.1, -0.05) is 28.9 Å². The van der Waals surface area contributed by atoms with Gasteiger partial charge < -0.3 is 10.3 Å². The van der Waals surface area contributed by atoms with Gasteiger partial charge in [0.05, 0.1) is 5.56 Å². The Morgan fingerprint density at radius 1 is 1.21 bits per heavy atom. The van der Waals surface area contributed by atoms with Gasteiger partial charge in [0.1, 0.15) is 5.69 Å². The molecule has 0 bridgehead atoms. The molecule has 0 saturated carbocycles. The van der Waals surface area contributed by atoms with Crippen molar-refractivity contribution >= 4 is 28.8 Å². The van der Waals surface area contributed by atoms with Crippen LogP contribution in [-0.2, 0) is 0 Å². The Bertz CT molecular complexity index is 715. The van der Waals surface area contributed by atoms with Crippen LogP contribution >= 0.6 is 22.9 Å². The Kier molecular flexibility index (Phi) is 3.05. The summed E-state index contributed by atoms with van der Waals surface area (Å²) in [4.78, 5) is 0. The van der Waals surface area contributed by atoms with Gasteiger partial charge in [0, 0.05) is 16.0 Å². The van der Waals surface area contributed by atoms with Crippen molar-refractivity contribution in [3.05, 3.63) is 45.6 Å². The molecule has 3 rings (SSSR count). The largest absolute Gasteiger partial charge is 0.367 e. The van der Waals surface area contributed by atoms with E-state index >= 15 is 0 Å². The number of nitrogens with zero attached hydrogens (tertiary/aromatic N) is 1. The molecule has 0 aliphatic rings. The summed E-state index contributed by atoms with van der Waals surface area (Å²) in [5, 5.41) is 8.90. The van der Waals surface area contributed by atoms with Crippen LogP contribution in [0.2, 0.25) is 5.02 Å². The van der Waals surface area contributed by atoms with Gasteiger partial charge in [-0.3, -0.25) is 0 Å². The third-order valence-corrected chi connectivity index (χ3v) is 4.08. The number of aromatic nitrogens is 1. The maximum atomic E-state index is 5.91. The van der Waals surface area contributed by atoms with Gasteiger partial charge in [-0.25, -0.2) is 0 Å². The van der Waals surface area contributed by atoms with Crippen LogP contribution in [0.5, 0.6) is 0 Å². The molecule has 0 saturated heterocycles. The van der Waals surface area contributed by atoms with E-state index in [-0.39, 0.29) is 0 Å². The first-order valence-corrected chi connectivity index (χ1v) is 7.03. The summed E-state index contributed by atoms with van der Waals surface area (Å²) < 4.78 is 5.16. The average molecular weight is 291 g/mol. The molecule has 3 nitrogen and oxygen atoms in total. The maximum Gasteiger partial charge on any atom is 0.230 e. The normalized spacial score (nSPS) is 10.8. The van der Waals surface area contributed by atoms with Crippen LogP contribution in [0.4, 0.5) is 5.88 Å². The molecule has 1 aromatic carbocycles. The number of thiophene rings is 1. The lowest BCUT2D eigenvalue weighted by molar-refractivity contribution is 0.439. The molecule has 5 heteroatoms. The Morgan fingerprint density at radius 3 is 2.58 bits per heavy atom. The highest BCUT2D eigenvalue weighted by atomic mass is 35.5. The van der Waals surface area contributed by atoms with Crippen LogP contribution in [0, 0.1) is 6.92 Å². The van der Waals surface area contributed by atoms with E-state index in [0.717, 1.165) is 27.9 Å². The SMILES string of the molecule is Cc1cscc1-c1noc(N)c1-c1ccc(Cl)cc1. The predicted octanol–water partition coefficient (Wildman–Crippen LogP) is 4.61. The summed E-state index contributed by atoms with van der Waals surface area (Å²) in [6.45, 7) is 2.04. The molecular formula is C14H11ClN2OS. The van der Waals surface area contributed by atoms with Crippen molar-refractivity contribution in [1.29, 1.82) is 0 Å². The zero-order valence-electron chi connectivity index (χ0n) is 10.2. The Morgan fingerprint density at radius 2 is 1.95 bits per heavy atom. The van der Waals surface area contributed by atoms with Crippen LogP contribution in [-0.4, -0.2) is 5.16 Å². The highest BCUT2D eigenvalue weighted by molar-refractivity contribution is 7.08. The quantitative estimate of drug-likeness (QED) is 0.749. The molecule has 2 aromatic heterocycles. The first-order valence-electron chi connectivity index (χ1n) is 5.71. The summed E-state index contributed by atoms with van der Waals surface area (Å²) in [6.07, 6.45) is 0. The molecule has 2 N–H and O–H groups in total. The van der Waals surface area contributed by atoms with Crippen LogP contribution < -0.4 is 5.73 Å². The molecule has 0 amide bonds. The maximum absolute atomic E-state index is 5.91. The van der Waals surface area contributed by atoms with Crippen LogP contribution in [0.15, 0.2) is 39.5 Å². The highest BCUT2D eigenvalue weighted by Gasteiger charge is 2.19. The third kappa shape index (κ3) is 2.13. The second kappa shape index (κ2) is 4.72. The number of aryl methyl sites for hydroxylation is 1. The average Bonchev–Trinajstić information content (AvgIpc) is 2.97. The Labute approximate surface area is 119 Å². The van der Waals surface area contributed by atoms with Gasteiger partial charge in [0.15, 0.2) is 0 Å². The third-order valence-electron chi connectivity index (χ3n) is 2.96. The van der Waals surface area contributed by atoms with Crippen molar-refractivity contribution in [3.63, 3.8) is 0 Å². The van der Waals surface area contributed by atoms with Crippen molar-refractivity contribution in [3.8, 4) is 22.4 Å². The second-order valence-electron chi connectivity index (χ2n) is 4.25. The zero-order valence-corrected chi connectivity index (χ0v) is 11.8. The first kappa shape index (κ1) is 12.3. The van der Waals surface area contributed by atoms with E-state index in [0.29, 0.717) is 10.9 Å². The van der Waals surface area contributed by atoms with E-state index < -0.39 is 0 Å². The standard InChI is InChI=1S/C14H11ClN2OS/c1-8-6-19-7-11(8)13-12(14(16)18-17-13)9-2-4-10(15)5-3-9/h2-7H,16H2,1H3. The fourth-order valence-corrected chi connectivity index (χ4v) is 2.94. The molecule has 2 heterocycles. The van der Waals surface area contributed by atoms with Gasteiger partial charge in [0.2, 0.25) is 5.88 Å². The summed E-state index contributed by atoms with van der Waals surface area (Å²) >= 11 is 7.54. The molecular weight excluding hydrogens is 280 g/mol. The smallest absolute Gasteiger partial charge is 0.230 e. The monoisotopic (exact) mass is 290 g/mol. The minimum atomic E-state index is 0.322. The number of halogens is 1. The lowest BCUT2D eigenvalue weighted by Gasteiger charge is -2.02. The van der Waals surface area contributed by atoms with Gasteiger partial charge in [-0.2, -0.15) is 11.3 Å². The lowest BCUT2D eigenvalue weighted by Crippen LogP contribution is -1.87. The Hall–Kier alpha value is -1.78. The van der Waals surface area contributed by atoms with Crippen molar-refractivity contribution in [1.82, 2.24) is 5.16 Å². The van der Waals surface area contributed by atoms with Crippen molar-refractivity contribution in [2.45, 2.75) is 6.92 Å². The molecule has 0 unspecified atom stereocenters. The van der Waals surface area contributed by atoms with Crippen LogP contribution in [0.3, 0.4) is 0 Å².